The number of aliphatic hydroxyl groups is 1. The summed E-state index contributed by atoms with van der Waals surface area (Å²) >= 11 is 1.60. The van der Waals surface area contributed by atoms with Crippen LogP contribution in [0.1, 0.15) is 39.5 Å². The first-order chi connectivity index (χ1) is 16.7. The summed E-state index contributed by atoms with van der Waals surface area (Å²) in [5.74, 6) is 1.47. The summed E-state index contributed by atoms with van der Waals surface area (Å²) in [6.07, 6.45) is 9.08. The van der Waals surface area contributed by atoms with Crippen LogP contribution in [-0.4, -0.2) is 64.1 Å². The fourth-order valence-electron chi connectivity index (χ4n) is 2.60. The van der Waals surface area contributed by atoms with Crippen LogP contribution in [-0.2, 0) is 18.9 Å². The topological polar surface area (TPSA) is 66.4 Å². The quantitative estimate of drug-likeness (QED) is 0.0950. The summed E-state index contributed by atoms with van der Waals surface area (Å²) in [6, 6.07) is 7.74. The summed E-state index contributed by atoms with van der Waals surface area (Å²) in [5.41, 5.74) is 0. The second-order valence-electron chi connectivity index (χ2n) is 7.45. The van der Waals surface area contributed by atoms with E-state index in [2.05, 4.69) is 13.5 Å². The Kier molecular flexibility index (Phi) is 19.4. The molecule has 6 nitrogen and oxygen atoms in total. The number of thioether (sulfide) groups is 1. The summed E-state index contributed by atoms with van der Waals surface area (Å²) < 4.78 is 27.5. The van der Waals surface area contributed by atoms with E-state index >= 15 is 0 Å². The van der Waals surface area contributed by atoms with Gasteiger partial charge in [0.25, 0.3) is 0 Å². The van der Waals surface area contributed by atoms with Gasteiger partial charge in [0.15, 0.2) is 0 Å². The van der Waals surface area contributed by atoms with Crippen molar-refractivity contribution in [3.8, 4) is 5.75 Å². The van der Waals surface area contributed by atoms with Gasteiger partial charge in [-0.1, -0.05) is 37.8 Å². The Labute approximate surface area is 210 Å². The molecule has 1 aromatic carbocycles. The second kappa shape index (κ2) is 21.7. The lowest BCUT2D eigenvalue weighted by Gasteiger charge is -2.12. The van der Waals surface area contributed by atoms with E-state index < -0.39 is 6.10 Å². The molecule has 0 heterocycles. The van der Waals surface area contributed by atoms with Crippen molar-refractivity contribution in [1.82, 2.24) is 0 Å². The van der Waals surface area contributed by atoms with Crippen LogP contribution < -0.4 is 4.74 Å². The highest BCUT2D eigenvalue weighted by molar-refractivity contribution is 8.02. The van der Waals surface area contributed by atoms with Crippen LogP contribution in [0.3, 0.4) is 0 Å². The third-order valence-electron chi connectivity index (χ3n) is 4.49. The number of ether oxygens (including phenoxy) is 5. The van der Waals surface area contributed by atoms with Gasteiger partial charge in [0.1, 0.15) is 24.2 Å². The van der Waals surface area contributed by atoms with Crippen LogP contribution in [0.25, 0.3) is 0 Å². The second-order valence-corrected chi connectivity index (χ2v) is 8.43. The third-order valence-corrected chi connectivity index (χ3v) is 5.33. The number of benzene rings is 1. The first-order valence-electron chi connectivity index (χ1n) is 12.1. The van der Waals surface area contributed by atoms with Gasteiger partial charge in [0, 0.05) is 24.7 Å². The molecule has 0 aliphatic rings. The van der Waals surface area contributed by atoms with E-state index in [1.807, 2.05) is 48.7 Å². The van der Waals surface area contributed by atoms with E-state index in [1.54, 1.807) is 17.8 Å². The summed E-state index contributed by atoms with van der Waals surface area (Å²) in [5, 5.41) is 11.7. The Bertz CT molecular complexity index is 674. The van der Waals surface area contributed by atoms with Crippen molar-refractivity contribution >= 4 is 11.8 Å². The Morgan fingerprint density at radius 3 is 2.32 bits per heavy atom. The number of aliphatic hydroxyl groups excluding tert-OH is 1. The zero-order valence-corrected chi connectivity index (χ0v) is 21.6. The molecule has 34 heavy (non-hydrogen) atoms. The normalized spacial score (nSPS) is 12.7. The predicted molar refractivity (Wildman–Crippen MR) is 139 cm³/mol. The van der Waals surface area contributed by atoms with Gasteiger partial charge >= 0.3 is 0 Å². The lowest BCUT2D eigenvalue weighted by Crippen LogP contribution is -2.23. The van der Waals surface area contributed by atoms with E-state index in [-0.39, 0.29) is 13.2 Å². The number of allylic oxidation sites excluding steroid dienone is 3. The number of rotatable bonds is 22. The molecule has 0 aromatic heterocycles. The zero-order chi connectivity index (χ0) is 24.7. The Hall–Kier alpha value is -1.77. The van der Waals surface area contributed by atoms with Crippen molar-refractivity contribution in [2.24, 2.45) is 0 Å². The van der Waals surface area contributed by atoms with Gasteiger partial charge in [-0.2, -0.15) is 0 Å². The molecule has 1 aromatic rings. The molecule has 0 aliphatic heterocycles. The fraction of sp³-hybridized carbons (Fsp3) is 0.556. The third kappa shape index (κ3) is 16.8. The number of unbranched alkanes of at least 4 members (excludes halogenated alkanes) is 2. The maximum absolute atomic E-state index is 9.75. The highest BCUT2D eigenvalue weighted by atomic mass is 32.2. The van der Waals surface area contributed by atoms with Crippen LogP contribution in [0.15, 0.2) is 65.1 Å². The lowest BCUT2D eigenvalue weighted by atomic mass is 10.3. The van der Waals surface area contributed by atoms with E-state index in [4.69, 9.17) is 23.7 Å². The van der Waals surface area contributed by atoms with Gasteiger partial charge in [-0.05, 0) is 68.0 Å². The first kappa shape index (κ1) is 30.3. The molecule has 0 aliphatic carbocycles. The van der Waals surface area contributed by atoms with Crippen molar-refractivity contribution in [1.29, 1.82) is 0 Å². The molecule has 1 unspecified atom stereocenters. The summed E-state index contributed by atoms with van der Waals surface area (Å²) in [7, 11) is 0. The highest BCUT2D eigenvalue weighted by Crippen LogP contribution is 2.22. The monoisotopic (exact) mass is 494 g/mol. The SMILES string of the molecule is C=C/C(=C\C=C\Sc1ccc(OCC(O)COCC)cc1)OCCCCOCCOCCCC. The van der Waals surface area contributed by atoms with E-state index in [0.717, 1.165) is 55.3 Å². The van der Waals surface area contributed by atoms with Crippen molar-refractivity contribution in [3.63, 3.8) is 0 Å². The molecule has 0 bridgehead atoms. The summed E-state index contributed by atoms with van der Waals surface area (Å²) in [6.45, 7) is 12.4. The van der Waals surface area contributed by atoms with Gasteiger partial charge in [-0.3, -0.25) is 0 Å². The number of hydrogen-bond donors (Lipinski definition) is 1. The standard InChI is InChI=1S/C27H42O6S/c1-4-7-16-30-19-20-31-17-8-9-18-32-25(5-2)11-10-21-34-27-14-12-26(13-15-27)33-23-24(28)22-29-6-3/h5,10-15,21,24,28H,2,4,6-9,16-20,22-23H2,1,3H3/b21-10+,25-11+. The maximum Gasteiger partial charge on any atom is 0.119 e. The molecule has 0 saturated carbocycles. The molecule has 1 N–H and O–H groups in total. The molecule has 0 spiro atoms. The molecular formula is C27H42O6S. The Morgan fingerprint density at radius 1 is 0.941 bits per heavy atom. The Balaban J connectivity index is 2.16. The van der Waals surface area contributed by atoms with Crippen molar-refractivity contribution in [2.45, 2.75) is 50.5 Å². The van der Waals surface area contributed by atoms with Crippen LogP contribution >= 0.6 is 11.8 Å². The summed E-state index contributed by atoms with van der Waals surface area (Å²) in [4.78, 5) is 1.09. The fourth-order valence-corrected chi connectivity index (χ4v) is 3.21. The molecule has 0 amide bonds. The number of hydrogen-bond acceptors (Lipinski definition) is 7. The average molecular weight is 495 g/mol. The maximum atomic E-state index is 9.75. The van der Waals surface area contributed by atoms with Crippen LogP contribution in [0.4, 0.5) is 0 Å². The highest BCUT2D eigenvalue weighted by Gasteiger charge is 2.05. The van der Waals surface area contributed by atoms with Crippen molar-refractivity contribution in [3.05, 3.63) is 60.2 Å². The minimum absolute atomic E-state index is 0.211. The minimum atomic E-state index is -0.626. The first-order valence-corrected chi connectivity index (χ1v) is 13.0. The van der Waals surface area contributed by atoms with Crippen LogP contribution in [0.2, 0.25) is 0 Å². The van der Waals surface area contributed by atoms with Gasteiger partial charge in [-0.15, -0.1) is 0 Å². The molecule has 192 valence electrons. The lowest BCUT2D eigenvalue weighted by molar-refractivity contribution is 0.0164. The molecule has 0 saturated heterocycles. The largest absolute Gasteiger partial charge is 0.494 e. The molecule has 1 atom stereocenters. The van der Waals surface area contributed by atoms with E-state index in [0.29, 0.717) is 26.4 Å². The van der Waals surface area contributed by atoms with Gasteiger partial charge in [0.05, 0.1) is 26.4 Å². The van der Waals surface area contributed by atoms with Gasteiger partial charge in [0.2, 0.25) is 0 Å². The molecule has 0 radical (unpaired) electrons. The molecule has 1 rings (SSSR count). The smallest absolute Gasteiger partial charge is 0.119 e. The van der Waals surface area contributed by atoms with Crippen LogP contribution in [0, 0.1) is 0 Å². The minimum Gasteiger partial charge on any atom is -0.494 e. The molecular weight excluding hydrogens is 452 g/mol. The average Bonchev–Trinajstić information content (AvgIpc) is 2.86. The van der Waals surface area contributed by atoms with Crippen molar-refractivity contribution in [2.75, 3.05) is 52.9 Å². The van der Waals surface area contributed by atoms with Crippen LogP contribution in [0.5, 0.6) is 5.75 Å². The van der Waals surface area contributed by atoms with Crippen molar-refractivity contribution < 1.29 is 28.8 Å². The van der Waals surface area contributed by atoms with Gasteiger partial charge < -0.3 is 28.8 Å². The molecule has 7 heteroatoms. The van der Waals surface area contributed by atoms with Gasteiger partial charge in [-0.25, -0.2) is 0 Å². The zero-order valence-electron chi connectivity index (χ0n) is 20.8. The van der Waals surface area contributed by atoms with E-state index in [9.17, 15) is 5.11 Å². The van der Waals surface area contributed by atoms with E-state index in [1.165, 1.54) is 0 Å². The molecule has 0 fully saturated rings. The predicted octanol–water partition coefficient (Wildman–Crippen LogP) is 5.77. The Morgan fingerprint density at radius 2 is 1.65 bits per heavy atom.